The molecule has 28 heavy (non-hydrogen) atoms. The standard InChI is InChI=1S/C19H17N5O3S/c1-25-15-8-13(9-16(26-2)17(15)27-3)18-14(10-20-28-18)11-4-6-12(7-5-11)19-21-23-24-22-19/h4-10H,1-3H3,(H,21,22,23,24). The Morgan fingerprint density at radius 3 is 2.11 bits per heavy atom. The number of H-pyrrole nitrogens is 1. The average molecular weight is 395 g/mol. The summed E-state index contributed by atoms with van der Waals surface area (Å²) >= 11 is 1.41. The molecule has 2 aromatic carbocycles. The van der Waals surface area contributed by atoms with Crippen molar-refractivity contribution in [1.82, 2.24) is 25.0 Å². The molecule has 0 saturated heterocycles. The summed E-state index contributed by atoms with van der Waals surface area (Å²) in [6.45, 7) is 0. The van der Waals surface area contributed by atoms with Gasteiger partial charge in [-0.2, -0.15) is 9.59 Å². The lowest BCUT2D eigenvalue weighted by Crippen LogP contribution is -1.95. The number of rotatable bonds is 6. The van der Waals surface area contributed by atoms with Crippen molar-refractivity contribution >= 4 is 11.5 Å². The molecule has 0 aliphatic carbocycles. The number of aromatic nitrogens is 5. The van der Waals surface area contributed by atoms with Crippen molar-refractivity contribution < 1.29 is 14.2 Å². The first-order chi connectivity index (χ1) is 13.7. The highest BCUT2D eigenvalue weighted by Gasteiger charge is 2.18. The zero-order valence-electron chi connectivity index (χ0n) is 15.5. The van der Waals surface area contributed by atoms with Crippen LogP contribution >= 0.6 is 11.5 Å². The van der Waals surface area contributed by atoms with Crippen LogP contribution in [0.3, 0.4) is 0 Å². The van der Waals surface area contributed by atoms with Crippen molar-refractivity contribution in [2.45, 2.75) is 0 Å². The van der Waals surface area contributed by atoms with E-state index in [-0.39, 0.29) is 0 Å². The van der Waals surface area contributed by atoms with Crippen LogP contribution in [-0.2, 0) is 0 Å². The molecule has 0 fully saturated rings. The summed E-state index contributed by atoms with van der Waals surface area (Å²) in [7, 11) is 4.79. The minimum absolute atomic E-state index is 0.555. The van der Waals surface area contributed by atoms with Gasteiger partial charge >= 0.3 is 0 Å². The molecule has 4 rings (SSSR count). The van der Waals surface area contributed by atoms with Crippen molar-refractivity contribution in [2.24, 2.45) is 0 Å². The Morgan fingerprint density at radius 1 is 0.857 bits per heavy atom. The molecular weight excluding hydrogens is 378 g/mol. The van der Waals surface area contributed by atoms with Crippen molar-refractivity contribution in [3.05, 3.63) is 42.6 Å². The number of methoxy groups -OCH3 is 3. The second-order valence-corrected chi connectivity index (χ2v) is 6.60. The number of ether oxygens (including phenoxy) is 3. The molecule has 2 heterocycles. The summed E-state index contributed by atoms with van der Waals surface area (Å²) in [5.41, 5.74) is 3.87. The predicted molar refractivity (Wildman–Crippen MR) is 106 cm³/mol. The van der Waals surface area contributed by atoms with Gasteiger partial charge in [0.05, 0.1) is 26.2 Å². The maximum atomic E-state index is 5.48. The van der Waals surface area contributed by atoms with Gasteiger partial charge in [0.15, 0.2) is 11.5 Å². The Kier molecular flexibility index (Phi) is 4.90. The Hall–Kier alpha value is -3.46. The van der Waals surface area contributed by atoms with E-state index < -0.39 is 0 Å². The molecule has 2 aromatic heterocycles. The van der Waals surface area contributed by atoms with Crippen LogP contribution in [0.15, 0.2) is 42.6 Å². The Labute approximate surface area is 165 Å². The fourth-order valence-corrected chi connectivity index (χ4v) is 3.70. The highest BCUT2D eigenvalue weighted by atomic mass is 32.1. The van der Waals surface area contributed by atoms with Crippen LogP contribution in [0.2, 0.25) is 0 Å². The molecule has 4 aromatic rings. The van der Waals surface area contributed by atoms with Crippen molar-refractivity contribution in [1.29, 1.82) is 0 Å². The van der Waals surface area contributed by atoms with Crippen molar-refractivity contribution in [3.63, 3.8) is 0 Å². The first kappa shape index (κ1) is 17.9. The fraction of sp³-hybridized carbons (Fsp3) is 0.158. The maximum absolute atomic E-state index is 5.48. The lowest BCUT2D eigenvalue weighted by molar-refractivity contribution is 0.324. The van der Waals surface area contributed by atoms with Gasteiger partial charge in [0.1, 0.15) is 0 Å². The van der Waals surface area contributed by atoms with Gasteiger partial charge in [0, 0.05) is 22.9 Å². The van der Waals surface area contributed by atoms with Crippen LogP contribution in [-0.4, -0.2) is 46.3 Å². The van der Waals surface area contributed by atoms with Gasteiger partial charge in [-0.1, -0.05) is 24.3 Å². The topological polar surface area (TPSA) is 95.0 Å². The van der Waals surface area contributed by atoms with Gasteiger partial charge in [-0.25, -0.2) is 0 Å². The lowest BCUT2D eigenvalue weighted by atomic mass is 10.0. The van der Waals surface area contributed by atoms with Crippen LogP contribution in [0.4, 0.5) is 0 Å². The third-order valence-electron chi connectivity index (χ3n) is 4.30. The number of nitrogens with zero attached hydrogens (tertiary/aromatic N) is 4. The maximum Gasteiger partial charge on any atom is 0.204 e. The summed E-state index contributed by atoms with van der Waals surface area (Å²) in [5.74, 6) is 2.32. The van der Waals surface area contributed by atoms with E-state index in [2.05, 4.69) is 25.0 Å². The van der Waals surface area contributed by atoms with Crippen molar-refractivity contribution in [3.8, 4) is 50.2 Å². The van der Waals surface area contributed by atoms with E-state index in [0.717, 1.165) is 27.1 Å². The van der Waals surface area contributed by atoms with Crippen LogP contribution < -0.4 is 14.2 Å². The molecule has 0 amide bonds. The van der Waals surface area contributed by atoms with Gasteiger partial charge < -0.3 is 14.2 Å². The Morgan fingerprint density at radius 2 is 1.54 bits per heavy atom. The second-order valence-electron chi connectivity index (χ2n) is 5.80. The smallest absolute Gasteiger partial charge is 0.204 e. The molecule has 0 aliphatic rings. The second kappa shape index (κ2) is 7.65. The normalized spacial score (nSPS) is 10.7. The molecule has 0 aliphatic heterocycles. The third kappa shape index (κ3) is 3.16. The molecule has 0 radical (unpaired) electrons. The van der Waals surface area contributed by atoms with Gasteiger partial charge in [-0.05, 0) is 34.4 Å². The largest absolute Gasteiger partial charge is 0.493 e. The van der Waals surface area contributed by atoms with Gasteiger partial charge in [0.25, 0.3) is 0 Å². The van der Waals surface area contributed by atoms with E-state index in [4.69, 9.17) is 14.2 Å². The molecule has 0 saturated carbocycles. The number of tetrazole rings is 1. The van der Waals surface area contributed by atoms with Crippen molar-refractivity contribution in [2.75, 3.05) is 21.3 Å². The van der Waals surface area contributed by atoms with E-state index in [9.17, 15) is 0 Å². The first-order valence-electron chi connectivity index (χ1n) is 8.34. The van der Waals surface area contributed by atoms with E-state index in [0.29, 0.717) is 23.1 Å². The number of nitrogens with one attached hydrogen (secondary N) is 1. The SMILES string of the molecule is COc1cc(-c2sncc2-c2ccc(-c3nn[nH]n3)cc2)cc(OC)c1OC. The number of aromatic amines is 1. The zero-order chi connectivity index (χ0) is 19.5. The Bertz CT molecular complexity index is 1050. The zero-order valence-corrected chi connectivity index (χ0v) is 16.3. The van der Waals surface area contributed by atoms with Crippen LogP contribution in [0.1, 0.15) is 0 Å². The average Bonchev–Trinajstić information content (AvgIpc) is 3.45. The minimum Gasteiger partial charge on any atom is -0.493 e. The fourth-order valence-electron chi connectivity index (χ4n) is 2.95. The van der Waals surface area contributed by atoms with Gasteiger partial charge in [0.2, 0.25) is 11.6 Å². The predicted octanol–water partition coefficient (Wildman–Crippen LogP) is 3.68. The molecule has 9 heteroatoms. The quantitative estimate of drug-likeness (QED) is 0.532. The number of hydrogen-bond acceptors (Lipinski definition) is 8. The molecule has 0 unspecified atom stereocenters. The Balaban J connectivity index is 1.76. The summed E-state index contributed by atoms with van der Waals surface area (Å²) < 4.78 is 20.8. The lowest BCUT2D eigenvalue weighted by Gasteiger charge is -2.14. The van der Waals surface area contributed by atoms with Crippen LogP contribution in [0, 0.1) is 0 Å². The highest BCUT2D eigenvalue weighted by molar-refractivity contribution is 7.10. The summed E-state index contributed by atoms with van der Waals surface area (Å²) in [5, 5.41) is 14.1. The molecule has 8 nitrogen and oxygen atoms in total. The van der Waals surface area contributed by atoms with Gasteiger partial charge in [-0.3, -0.25) is 0 Å². The summed E-state index contributed by atoms with van der Waals surface area (Å²) in [6.07, 6.45) is 1.85. The monoisotopic (exact) mass is 395 g/mol. The van der Waals surface area contributed by atoms with E-state index >= 15 is 0 Å². The van der Waals surface area contributed by atoms with E-state index in [1.54, 1.807) is 21.3 Å². The van der Waals surface area contributed by atoms with Crippen LogP contribution in [0.25, 0.3) is 33.0 Å². The number of hydrogen-bond donors (Lipinski definition) is 1. The molecule has 142 valence electrons. The third-order valence-corrected chi connectivity index (χ3v) is 5.15. The molecule has 1 N–H and O–H groups in total. The van der Waals surface area contributed by atoms with E-state index in [1.807, 2.05) is 42.6 Å². The number of benzene rings is 2. The molecule has 0 spiro atoms. The molecule has 0 bridgehead atoms. The highest BCUT2D eigenvalue weighted by Crippen LogP contribution is 2.44. The minimum atomic E-state index is 0.555. The molecule has 0 atom stereocenters. The summed E-state index contributed by atoms with van der Waals surface area (Å²) in [6, 6.07) is 11.8. The summed E-state index contributed by atoms with van der Waals surface area (Å²) in [4.78, 5) is 1.01. The molecular formula is C19H17N5O3S. The first-order valence-corrected chi connectivity index (χ1v) is 9.11. The van der Waals surface area contributed by atoms with Gasteiger partial charge in [-0.15, -0.1) is 10.2 Å². The van der Waals surface area contributed by atoms with Crippen LogP contribution in [0.5, 0.6) is 17.2 Å². The van der Waals surface area contributed by atoms with E-state index in [1.165, 1.54) is 11.5 Å².